The number of aryl methyl sites for hydroxylation is 1. The number of nitrogens with zero attached hydrogens (tertiary/aromatic N) is 1. The lowest BCUT2D eigenvalue weighted by atomic mass is 9.90. The Hall–Kier alpha value is -1.96. The Bertz CT molecular complexity index is 776. The number of hydrogen-bond acceptors (Lipinski definition) is 5. The van der Waals surface area contributed by atoms with E-state index in [2.05, 4.69) is 4.76 Å². The lowest BCUT2D eigenvalue weighted by molar-refractivity contribution is -0.129. The van der Waals surface area contributed by atoms with Crippen molar-refractivity contribution in [2.45, 2.75) is 31.5 Å². The summed E-state index contributed by atoms with van der Waals surface area (Å²) < 4.78 is 14.3. The van der Waals surface area contributed by atoms with Crippen LogP contribution in [-0.2, 0) is 11.0 Å². The van der Waals surface area contributed by atoms with Crippen molar-refractivity contribution < 1.29 is 34.8 Å². The average Bonchev–Trinajstić information content (AvgIpc) is 2.47. The summed E-state index contributed by atoms with van der Waals surface area (Å²) in [4.78, 5) is 18.0. The number of hydrogen-bond donors (Lipinski definition) is 6. The molecule has 0 saturated heterocycles. The van der Waals surface area contributed by atoms with Crippen molar-refractivity contribution in [3.05, 3.63) is 53.3 Å². The zero-order valence-electron chi connectivity index (χ0n) is 13.3. The molecule has 8 nitrogen and oxygen atoms in total. The van der Waals surface area contributed by atoms with E-state index in [1.54, 1.807) is 18.2 Å². The van der Waals surface area contributed by atoms with E-state index < -0.39 is 13.5 Å². The highest BCUT2D eigenvalue weighted by molar-refractivity contribution is 7.50. The summed E-state index contributed by atoms with van der Waals surface area (Å²) in [5, 5.41) is 39.6. The van der Waals surface area contributed by atoms with Gasteiger partial charge in [0.25, 0.3) is 0 Å². The van der Waals surface area contributed by atoms with Gasteiger partial charge in [-0.2, -0.15) is 4.76 Å². The Morgan fingerprint density at radius 2 is 1.92 bits per heavy atom. The van der Waals surface area contributed by atoms with Gasteiger partial charge in [0.05, 0.1) is 5.71 Å². The van der Waals surface area contributed by atoms with E-state index in [0.29, 0.717) is 12.8 Å². The molecule has 0 heterocycles. The highest BCUT2D eigenvalue weighted by atomic mass is 31.2. The minimum Gasteiger partial charge on any atom is -0.508 e. The number of benzene rings is 1. The molecule has 0 unspecified atom stereocenters. The molecule has 0 amide bonds. The van der Waals surface area contributed by atoms with E-state index in [9.17, 15) is 25.0 Å². The summed E-state index contributed by atoms with van der Waals surface area (Å²) >= 11 is 0. The van der Waals surface area contributed by atoms with Crippen LogP contribution in [0, 0.1) is 0 Å². The molecule has 0 bridgehead atoms. The Kier molecular flexibility index (Phi) is 5.82. The summed E-state index contributed by atoms with van der Waals surface area (Å²) in [5.41, 5.74) is 0.375. The van der Waals surface area contributed by atoms with Crippen molar-refractivity contribution >= 4 is 13.5 Å². The fourth-order valence-electron chi connectivity index (χ4n) is 2.59. The molecule has 0 saturated carbocycles. The van der Waals surface area contributed by atoms with Gasteiger partial charge in [-0.3, -0.25) is 0 Å². The van der Waals surface area contributed by atoms with E-state index in [4.69, 9.17) is 9.79 Å². The maximum Gasteiger partial charge on any atom is 0.448 e. The second-order valence-electron chi connectivity index (χ2n) is 5.79. The van der Waals surface area contributed by atoms with E-state index in [0.717, 1.165) is 11.6 Å². The first-order valence-corrected chi connectivity index (χ1v) is 9.12. The summed E-state index contributed by atoms with van der Waals surface area (Å²) in [6.45, 7) is 0. The van der Waals surface area contributed by atoms with E-state index in [1.807, 2.05) is 0 Å². The number of phenols is 1. The third-order valence-corrected chi connectivity index (χ3v) is 4.19. The van der Waals surface area contributed by atoms with Crippen LogP contribution in [-0.4, -0.2) is 41.7 Å². The standard InChI is InChI=1S/C16H20NO7P/c18-12-5-1-3-11(9-12)4-2-8-16(20,21)14-10-13(19)6-7-15(14)17-25(22,23)24/h1,3,5-6,9-10,18-21H,2,4,7-8H2,(H2,22,23,24). The van der Waals surface area contributed by atoms with Crippen molar-refractivity contribution in [2.24, 2.45) is 4.76 Å². The minimum absolute atomic E-state index is 0.109. The maximum absolute atomic E-state index is 11.1. The summed E-state index contributed by atoms with van der Waals surface area (Å²) in [7, 11) is -4.75. The molecule has 136 valence electrons. The van der Waals surface area contributed by atoms with Crippen LogP contribution in [0.2, 0.25) is 0 Å². The molecule has 2 rings (SSSR count). The fraction of sp³-hybridized carbons (Fsp3) is 0.312. The van der Waals surface area contributed by atoms with Gasteiger partial charge in [-0.05, 0) is 42.7 Å². The van der Waals surface area contributed by atoms with E-state index in [-0.39, 0.29) is 35.6 Å². The van der Waals surface area contributed by atoms with Gasteiger partial charge < -0.3 is 30.2 Å². The van der Waals surface area contributed by atoms with Crippen molar-refractivity contribution in [2.75, 3.05) is 0 Å². The predicted octanol–water partition coefficient (Wildman–Crippen LogP) is 1.70. The van der Waals surface area contributed by atoms with Crippen molar-refractivity contribution in [1.29, 1.82) is 0 Å². The molecule has 25 heavy (non-hydrogen) atoms. The van der Waals surface area contributed by atoms with Crippen LogP contribution >= 0.6 is 7.75 Å². The molecule has 0 spiro atoms. The summed E-state index contributed by atoms with van der Waals surface area (Å²) in [6.07, 6.45) is 2.80. The van der Waals surface area contributed by atoms with Crippen molar-refractivity contribution in [1.82, 2.24) is 0 Å². The zero-order valence-corrected chi connectivity index (χ0v) is 14.2. The van der Waals surface area contributed by atoms with Crippen molar-refractivity contribution in [3.8, 4) is 5.75 Å². The highest BCUT2D eigenvalue weighted by Gasteiger charge is 2.34. The van der Waals surface area contributed by atoms with Crippen LogP contribution in [0.4, 0.5) is 0 Å². The van der Waals surface area contributed by atoms with E-state index in [1.165, 1.54) is 12.1 Å². The topological polar surface area (TPSA) is 151 Å². The van der Waals surface area contributed by atoms with Crippen LogP contribution in [0.15, 0.2) is 52.5 Å². The van der Waals surface area contributed by atoms with Crippen LogP contribution in [0.25, 0.3) is 0 Å². The molecule has 9 heteroatoms. The monoisotopic (exact) mass is 369 g/mol. The minimum atomic E-state index is -4.75. The van der Waals surface area contributed by atoms with Gasteiger partial charge in [0.15, 0.2) is 5.79 Å². The molecule has 1 aliphatic rings. The van der Waals surface area contributed by atoms with Crippen LogP contribution in [0.3, 0.4) is 0 Å². The van der Waals surface area contributed by atoms with Gasteiger partial charge >= 0.3 is 7.75 Å². The lowest BCUT2D eigenvalue weighted by Gasteiger charge is -2.27. The second kappa shape index (κ2) is 7.51. The third-order valence-electron chi connectivity index (χ3n) is 3.69. The molecule has 0 fully saturated rings. The number of aliphatic hydroxyl groups excluding tert-OH is 1. The Labute approximate surface area is 144 Å². The molecule has 1 aliphatic carbocycles. The molecular formula is C16H20NO7P. The molecule has 1 aromatic rings. The van der Waals surface area contributed by atoms with Gasteiger partial charge in [-0.15, -0.1) is 0 Å². The van der Waals surface area contributed by atoms with Crippen LogP contribution in [0.1, 0.15) is 24.8 Å². The highest BCUT2D eigenvalue weighted by Crippen LogP contribution is 2.39. The first-order valence-electron chi connectivity index (χ1n) is 7.56. The summed E-state index contributed by atoms with van der Waals surface area (Å²) in [5.74, 6) is -2.54. The maximum atomic E-state index is 11.1. The van der Waals surface area contributed by atoms with Gasteiger partial charge in [-0.1, -0.05) is 12.1 Å². The predicted molar refractivity (Wildman–Crippen MR) is 91.1 cm³/mol. The molecule has 0 radical (unpaired) electrons. The summed E-state index contributed by atoms with van der Waals surface area (Å²) in [6, 6.07) is 6.54. The number of allylic oxidation sites excluding steroid dienone is 2. The number of aliphatic hydroxyl groups is 3. The molecular weight excluding hydrogens is 349 g/mol. The average molecular weight is 369 g/mol. The third kappa shape index (κ3) is 5.81. The SMILES string of the molecule is O=P(O)(O)N=C1CC=C(O)C=C1C(O)(O)CCCc1cccc(O)c1. The normalized spacial score (nSPS) is 17.4. The van der Waals surface area contributed by atoms with Gasteiger partial charge in [0.2, 0.25) is 0 Å². The van der Waals surface area contributed by atoms with Gasteiger partial charge in [-0.25, -0.2) is 4.57 Å². The largest absolute Gasteiger partial charge is 0.508 e. The number of rotatable bonds is 6. The quantitative estimate of drug-likeness (QED) is 0.330. The number of aromatic hydroxyl groups is 1. The molecule has 6 N–H and O–H groups in total. The second-order valence-corrected chi connectivity index (χ2v) is 7.02. The van der Waals surface area contributed by atoms with Gasteiger partial charge in [0.1, 0.15) is 11.5 Å². The van der Waals surface area contributed by atoms with Crippen LogP contribution in [0.5, 0.6) is 5.75 Å². The molecule has 0 aromatic heterocycles. The van der Waals surface area contributed by atoms with Crippen molar-refractivity contribution in [3.63, 3.8) is 0 Å². The molecule has 0 atom stereocenters. The zero-order chi connectivity index (χ0) is 18.7. The molecule has 1 aromatic carbocycles. The molecule has 0 aliphatic heterocycles. The smallest absolute Gasteiger partial charge is 0.448 e. The Morgan fingerprint density at radius 3 is 2.56 bits per heavy atom. The van der Waals surface area contributed by atoms with Crippen LogP contribution < -0.4 is 0 Å². The fourth-order valence-corrected chi connectivity index (χ4v) is 3.09. The van der Waals surface area contributed by atoms with Gasteiger partial charge in [0, 0.05) is 18.4 Å². The first kappa shape index (κ1) is 19.4. The Morgan fingerprint density at radius 1 is 1.20 bits per heavy atom. The lowest BCUT2D eigenvalue weighted by Crippen LogP contribution is -2.35. The Balaban J connectivity index is 2.13. The first-order chi connectivity index (χ1) is 11.6. The van der Waals surface area contributed by atoms with E-state index >= 15 is 0 Å². The number of phenolic OH excluding ortho intramolecular Hbond substituents is 1.